The highest BCUT2D eigenvalue weighted by atomic mass is 16.5. The lowest BCUT2D eigenvalue weighted by Gasteiger charge is -2.13. The zero-order valence-corrected chi connectivity index (χ0v) is 10.6. The molecule has 0 aliphatic carbocycles. The Balaban J connectivity index is 2.76. The molecule has 0 heterocycles. The third-order valence-electron chi connectivity index (χ3n) is 2.52. The number of rotatable bonds is 7. The first kappa shape index (κ1) is 15.1. The predicted molar refractivity (Wildman–Crippen MR) is 67.7 cm³/mol. The van der Waals surface area contributed by atoms with E-state index >= 15 is 0 Å². The summed E-state index contributed by atoms with van der Waals surface area (Å²) in [6.45, 7) is 0.0705. The number of carbonyl (C=O) groups is 2. The van der Waals surface area contributed by atoms with Crippen LogP contribution in [0.2, 0.25) is 0 Å². The number of carboxylic acid groups (broad SMARTS) is 1. The number of hydrogen-bond donors (Lipinski definition) is 3. The van der Waals surface area contributed by atoms with Gasteiger partial charge in [0.25, 0.3) is 5.91 Å². The zero-order valence-electron chi connectivity index (χ0n) is 10.6. The SMILES string of the molecule is COCc1cccc(C(=O)N[C@H](CCO)C(=O)O)c1. The Labute approximate surface area is 111 Å². The molecule has 0 aliphatic rings. The third kappa shape index (κ3) is 4.69. The first-order chi connectivity index (χ1) is 9.08. The Morgan fingerprint density at radius 1 is 1.42 bits per heavy atom. The second kappa shape index (κ2) is 7.50. The van der Waals surface area contributed by atoms with Crippen molar-refractivity contribution in [2.45, 2.75) is 19.1 Å². The molecule has 6 nitrogen and oxygen atoms in total. The second-order valence-corrected chi connectivity index (χ2v) is 4.01. The van der Waals surface area contributed by atoms with Gasteiger partial charge >= 0.3 is 5.97 Å². The molecule has 6 heteroatoms. The number of aliphatic carboxylic acids is 1. The van der Waals surface area contributed by atoms with Crippen LogP contribution in [-0.4, -0.2) is 41.8 Å². The number of carboxylic acids is 1. The molecular weight excluding hydrogens is 250 g/mol. The highest BCUT2D eigenvalue weighted by Gasteiger charge is 2.19. The van der Waals surface area contributed by atoms with Crippen molar-refractivity contribution in [3.63, 3.8) is 0 Å². The van der Waals surface area contributed by atoms with E-state index < -0.39 is 17.9 Å². The molecular formula is C13H17NO5. The lowest BCUT2D eigenvalue weighted by molar-refractivity contribution is -0.139. The molecule has 0 unspecified atom stereocenters. The summed E-state index contributed by atoms with van der Waals surface area (Å²) in [6.07, 6.45) is -0.0289. The van der Waals surface area contributed by atoms with Crippen molar-refractivity contribution in [3.8, 4) is 0 Å². The van der Waals surface area contributed by atoms with Crippen molar-refractivity contribution >= 4 is 11.9 Å². The first-order valence-corrected chi connectivity index (χ1v) is 5.81. The van der Waals surface area contributed by atoms with Crippen LogP contribution in [0, 0.1) is 0 Å². The van der Waals surface area contributed by atoms with E-state index in [9.17, 15) is 9.59 Å². The topological polar surface area (TPSA) is 95.9 Å². The maximum Gasteiger partial charge on any atom is 0.326 e. The molecule has 1 rings (SSSR count). The maximum absolute atomic E-state index is 11.9. The maximum atomic E-state index is 11.9. The zero-order chi connectivity index (χ0) is 14.3. The minimum absolute atomic E-state index is 0.0289. The molecule has 0 aromatic heterocycles. The van der Waals surface area contributed by atoms with E-state index in [1.54, 1.807) is 25.3 Å². The van der Waals surface area contributed by atoms with Gasteiger partial charge in [-0.25, -0.2) is 4.79 Å². The van der Waals surface area contributed by atoms with Gasteiger partial charge in [-0.3, -0.25) is 4.79 Å². The van der Waals surface area contributed by atoms with Crippen LogP contribution in [-0.2, 0) is 16.1 Å². The van der Waals surface area contributed by atoms with Crippen LogP contribution in [0.25, 0.3) is 0 Å². The molecule has 3 N–H and O–H groups in total. The Bertz CT molecular complexity index is 446. The van der Waals surface area contributed by atoms with Gasteiger partial charge < -0.3 is 20.3 Å². The van der Waals surface area contributed by atoms with Crippen LogP contribution in [0.3, 0.4) is 0 Å². The Hall–Kier alpha value is -1.92. The fourth-order valence-corrected chi connectivity index (χ4v) is 1.60. The predicted octanol–water partition coefficient (Wildman–Crippen LogP) is 0.398. The highest BCUT2D eigenvalue weighted by Crippen LogP contribution is 2.07. The average molecular weight is 267 g/mol. The normalized spacial score (nSPS) is 11.9. The molecule has 0 fully saturated rings. The lowest BCUT2D eigenvalue weighted by Crippen LogP contribution is -2.41. The fourth-order valence-electron chi connectivity index (χ4n) is 1.60. The number of methoxy groups -OCH3 is 1. The molecule has 1 aromatic rings. The van der Waals surface area contributed by atoms with Gasteiger partial charge in [0, 0.05) is 25.7 Å². The summed E-state index contributed by atoms with van der Waals surface area (Å²) in [7, 11) is 1.55. The Morgan fingerprint density at radius 3 is 2.74 bits per heavy atom. The van der Waals surface area contributed by atoms with E-state index in [4.69, 9.17) is 14.9 Å². The van der Waals surface area contributed by atoms with Gasteiger partial charge in [0.2, 0.25) is 0 Å². The molecule has 0 bridgehead atoms. The number of aliphatic hydroxyl groups is 1. The molecule has 0 aliphatic heterocycles. The van der Waals surface area contributed by atoms with E-state index in [0.29, 0.717) is 12.2 Å². The number of aliphatic hydroxyl groups excluding tert-OH is 1. The van der Waals surface area contributed by atoms with Gasteiger partial charge in [0.1, 0.15) is 6.04 Å². The van der Waals surface area contributed by atoms with E-state index in [2.05, 4.69) is 5.32 Å². The number of ether oxygens (including phenoxy) is 1. The summed E-state index contributed by atoms with van der Waals surface area (Å²) in [5.41, 5.74) is 1.18. The molecule has 104 valence electrons. The van der Waals surface area contributed by atoms with E-state index in [1.165, 1.54) is 0 Å². The van der Waals surface area contributed by atoms with Crippen molar-refractivity contribution in [2.24, 2.45) is 0 Å². The number of carbonyl (C=O) groups excluding carboxylic acids is 1. The van der Waals surface area contributed by atoms with Gasteiger partial charge in [-0.15, -0.1) is 0 Å². The molecule has 1 atom stereocenters. The van der Waals surface area contributed by atoms with Crippen molar-refractivity contribution in [2.75, 3.05) is 13.7 Å². The minimum atomic E-state index is -1.17. The second-order valence-electron chi connectivity index (χ2n) is 4.01. The van der Waals surface area contributed by atoms with Crippen LogP contribution < -0.4 is 5.32 Å². The van der Waals surface area contributed by atoms with Gasteiger partial charge in [-0.1, -0.05) is 12.1 Å². The van der Waals surface area contributed by atoms with Crippen LogP contribution in [0.1, 0.15) is 22.3 Å². The monoisotopic (exact) mass is 267 g/mol. The van der Waals surface area contributed by atoms with Crippen LogP contribution in [0.4, 0.5) is 0 Å². The number of amides is 1. The summed E-state index contributed by atoms with van der Waals surface area (Å²) in [4.78, 5) is 22.8. The van der Waals surface area contributed by atoms with Crippen LogP contribution >= 0.6 is 0 Å². The molecule has 0 saturated heterocycles. The molecule has 1 aromatic carbocycles. The minimum Gasteiger partial charge on any atom is -0.480 e. The average Bonchev–Trinajstić information content (AvgIpc) is 2.38. The first-order valence-electron chi connectivity index (χ1n) is 5.81. The van der Waals surface area contributed by atoms with E-state index in [0.717, 1.165) is 5.56 Å². The summed E-state index contributed by atoms with van der Waals surface area (Å²) in [5, 5.41) is 20.0. The molecule has 0 saturated carbocycles. The van der Waals surface area contributed by atoms with Gasteiger partial charge in [-0.2, -0.15) is 0 Å². The summed E-state index contributed by atoms with van der Waals surface area (Å²) in [5.74, 6) is -1.66. The standard InChI is InChI=1S/C13H17NO5/c1-19-8-9-3-2-4-10(7-9)12(16)14-11(5-6-15)13(17)18/h2-4,7,11,15H,5-6,8H2,1H3,(H,14,16)(H,17,18)/t11-/m1/s1. The number of benzene rings is 1. The van der Waals surface area contributed by atoms with Crippen molar-refractivity contribution in [3.05, 3.63) is 35.4 Å². The quantitative estimate of drug-likeness (QED) is 0.664. The number of nitrogens with one attached hydrogen (secondary N) is 1. The largest absolute Gasteiger partial charge is 0.480 e. The van der Waals surface area contributed by atoms with E-state index in [1.807, 2.05) is 6.07 Å². The van der Waals surface area contributed by atoms with Gasteiger partial charge in [0.05, 0.1) is 6.61 Å². The highest BCUT2D eigenvalue weighted by molar-refractivity contribution is 5.96. The Kier molecular flexibility index (Phi) is 5.98. The van der Waals surface area contributed by atoms with Crippen molar-refractivity contribution in [1.29, 1.82) is 0 Å². The van der Waals surface area contributed by atoms with Crippen LogP contribution in [0.5, 0.6) is 0 Å². The summed E-state index contributed by atoms with van der Waals surface area (Å²) >= 11 is 0. The molecule has 0 radical (unpaired) electrons. The van der Waals surface area contributed by atoms with E-state index in [-0.39, 0.29) is 13.0 Å². The van der Waals surface area contributed by atoms with Crippen molar-refractivity contribution < 1.29 is 24.5 Å². The smallest absolute Gasteiger partial charge is 0.326 e. The fraction of sp³-hybridized carbons (Fsp3) is 0.385. The van der Waals surface area contributed by atoms with Gasteiger partial charge in [-0.05, 0) is 17.7 Å². The Morgan fingerprint density at radius 2 is 2.16 bits per heavy atom. The van der Waals surface area contributed by atoms with Crippen LogP contribution in [0.15, 0.2) is 24.3 Å². The third-order valence-corrected chi connectivity index (χ3v) is 2.52. The molecule has 0 spiro atoms. The van der Waals surface area contributed by atoms with Crippen molar-refractivity contribution in [1.82, 2.24) is 5.32 Å². The summed E-state index contributed by atoms with van der Waals surface area (Å²) < 4.78 is 4.96. The summed E-state index contributed by atoms with van der Waals surface area (Å²) in [6, 6.07) is 5.64. The molecule has 19 heavy (non-hydrogen) atoms. The number of hydrogen-bond acceptors (Lipinski definition) is 4. The lowest BCUT2D eigenvalue weighted by atomic mass is 10.1. The van der Waals surface area contributed by atoms with Gasteiger partial charge in [0.15, 0.2) is 0 Å². The molecule has 1 amide bonds.